The minimum absolute atomic E-state index is 0.339. The molecule has 2 aromatic rings. The molecule has 2 amide bonds. The molecule has 1 aliphatic heterocycles. The van der Waals surface area contributed by atoms with Crippen molar-refractivity contribution >= 4 is 24.0 Å². The first-order valence-electron chi connectivity index (χ1n) is 9.82. The first-order valence-corrected chi connectivity index (χ1v) is 9.82. The van der Waals surface area contributed by atoms with Gasteiger partial charge in [-0.1, -0.05) is 48.6 Å². The molecule has 0 unspecified atom stereocenters. The van der Waals surface area contributed by atoms with Gasteiger partial charge in [0.1, 0.15) is 0 Å². The molecule has 1 heterocycles. The number of methoxy groups -OCH3 is 3. The fourth-order valence-corrected chi connectivity index (χ4v) is 3.33. The molecule has 0 spiro atoms. The highest BCUT2D eigenvalue weighted by Gasteiger charge is 2.27. The molecule has 0 fully saturated rings. The molecule has 0 aliphatic carbocycles. The van der Waals surface area contributed by atoms with Gasteiger partial charge in [0.15, 0.2) is 11.5 Å². The highest BCUT2D eigenvalue weighted by Crippen LogP contribution is 2.38. The van der Waals surface area contributed by atoms with E-state index < -0.39 is 5.91 Å². The second-order valence-electron chi connectivity index (χ2n) is 6.81. The molecule has 31 heavy (non-hydrogen) atoms. The number of ether oxygens (including phenoxy) is 3. The average Bonchev–Trinajstić information content (AvgIpc) is 2.81. The van der Waals surface area contributed by atoms with Gasteiger partial charge < -0.3 is 14.2 Å². The Labute approximate surface area is 182 Å². The molecule has 0 N–H and O–H groups in total. The first-order chi connectivity index (χ1) is 15.1. The zero-order chi connectivity index (χ0) is 22.2. The fraction of sp³-hybridized carbons (Fsp3) is 0.200. The predicted molar refractivity (Wildman–Crippen MR) is 120 cm³/mol. The lowest BCUT2D eigenvalue weighted by atomic mass is 10.0. The van der Waals surface area contributed by atoms with E-state index in [4.69, 9.17) is 14.2 Å². The molecule has 6 heteroatoms. The van der Waals surface area contributed by atoms with Gasteiger partial charge >= 0.3 is 0 Å². The summed E-state index contributed by atoms with van der Waals surface area (Å²) in [6, 6.07) is 12.9. The highest BCUT2D eigenvalue weighted by atomic mass is 16.5. The topological polar surface area (TPSA) is 65.1 Å². The van der Waals surface area contributed by atoms with Gasteiger partial charge in [0.25, 0.3) is 11.8 Å². The molecule has 1 aliphatic rings. The summed E-state index contributed by atoms with van der Waals surface area (Å²) < 4.78 is 16.0. The van der Waals surface area contributed by atoms with Crippen LogP contribution in [-0.2, 0) is 9.59 Å². The van der Waals surface area contributed by atoms with Crippen LogP contribution in [0.5, 0.6) is 17.2 Å². The normalized spacial score (nSPS) is 16.2. The van der Waals surface area contributed by atoms with Gasteiger partial charge in [-0.05, 0) is 41.8 Å². The van der Waals surface area contributed by atoms with Crippen LogP contribution in [0.2, 0.25) is 0 Å². The maximum atomic E-state index is 12.9. The van der Waals surface area contributed by atoms with Gasteiger partial charge in [-0.15, -0.1) is 0 Å². The largest absolute Gasteiger partial charge is 0.493 e. The van der Waals surface area contributed by atoms with Crippen LogP contribution in [0.4, 0.5) is 0 Å². The number of rotatable bonds is 7. The van der Waals surface area contributed by atoms with Crippen molar-refractivity contribution in [2.45, 2.75) is 12.5 Å². The molecule has 1 atom stereocenters. The Morgan fingerprint density at radius 3 is 2.26 bits per heavy atom. The molecule has 0 saturated carbocycles. The minimum Gasteiger partial charge on any atom is -0.493 e. The molecule has 0 aromatic heterocycles. The zero-order valence-corrected chi connectivity index (χ0v) is 17.8. The average molecular weight is 419 g/mol. The van der Waals surface area contributed by atoms with E-state index in [0.717, 1.165) is 5.56 Å². The lowest BCUT2D eigenvalue weighted by molar-refractivity contribution is -0.140. The molecule has 0 saturated heterocycles. The summed E-state index contributed by atoms with van der Waals surface area (Å²) in [5.41, 5.74) is 1.68. The van der Waals surface area contributed by atoms with Gasteiger partial charge in [0, 0.05) is 6.08 Å². The van der Waals surface area contributed by atoms with E-state index in [1.165, 1.54) is 38.4 Å². The number of nitrogens with zero attached hydrogens (tertiary/aromatic N) is 1. The van der Waals surface area contributed by atoms with Crippen LogP contribution in [0.1, 0.15) is 17.5 Å². The van der Waals surface area contributed by atoms with Crippen LogP contribution in [0.3, 0.4) is 0 Å². The van der Waals surface area contributed by atoms with Crippen LogP contribution < -0.4 is 14.2 Å². The van der Waals surface area contributed by atoms with E-state index in [0.29, 0.717) is 29.2 Å². The lowest BCUT2D eigenvalue weighted by Crippen LogP contribution is -2.43. The molecule has 3 rings (SSSR count). The van der Waals surface area contributed by atoms with Gasteiger partial charge in [0.05, 0.1) is 27.4 Å². The van der Waals surface area contributed by atoms with Crippen LogP contribution in [0, 0.1) is 0 Å². The number of imide groups is 1. The van der Waals surface area contributed by atoms with Gasteiger partial charge in [0.2, 0.25) is 5.75 Å². The Morgan fingerprint density at radius 1 is 0.968 bits per heavy atom. The van der Waals surface area contributed by atoms with Crippen molar-refractivity contribution in [2.24, 2.45) is 0 Å². The highest BCUT2D eigenvalue weighted by molar-refractivity contribution is 6.07. The molecule has 160 valence electrons. The maximum Gasteiger partial charge on any atom is 0.254 e. The monoisotopic (exact) mass is 419 g/mol. The Bertz CT molecular complexity index is 998. The molecule has 0 radical (unpaired) electrons. The van der Waals surface area contributed by atoms with Gasteiger partial charge in [-0.25, -0.2) is 0 Å². The number of benzene rings is 2. The van der Waals surface area contributed by atoms with Crippen molar-refractivity contribution in [3.8, 4) is 17.2 Å². The molecule has 0 bridgehead atoms. The molecular weight excluding hydrogens is 394 g/mol. The van der Waals surface area contributed by atoms with Crippen LogP contribution in [0.25, 0.3) is 12.2 Å². The van der Waals surface area contributed by atoms with E-state index in [-0.39, 0.29) is 11.9 Å². The Kier molecular flexibility index (Phi) is 7.27. The van der Waals surface area contributed by atoms with Crippen molar-refractivity contribution < 1.29 is 23.8 Å². The predicted octanol–water partition coefficient (Wildman–Crippen LogP) is 4.12. The Morgan fingerprint density at radius 2 is 1.65 bits per heavy atom. The van der Waals surface area contributed by atoms with E-state index in [1.807, 2.05) is 42.5 Å². The second kappa shape index (κ2) is 10.3. The van der Waals surface area contributed by atoms with Crippen LogP contribution in [-0.4, -0.2) is 44.1 Å². The van der Waals surface area contributed by atoms with Crippen molar-refractivity contribution in [1.29, 1.82) is 0 Å². The summed E-state index contributed by atoms with van der Waals surface area (Å²) in [7, 11) is 4.58. The van der Waals surface area contributed by atoms with Gasteiger partial charge in [-0.2, -0.15) is 0 Å². The molecule has 6 nitrogen and oxygen atoms in total. The van der Waals surface area contributed by atoms with Crippen molar-refractivity contribution in [2.75, 3.05) is 21.3 Å². The van der Waals surface area contributed by atoms with Gasteiger partial charge in [-0.3, -0.25) is 14.5 Å². The van der Waals surface area contributed by atoms with Crippen molar-refractivity contribution in [1.82, 2.24) is 4.90 Å². The Balaban J connectivity index is 1.83. The second-order valence-corrected chi connectivity index (χ2v) is 6.81. The van der Waals surface area contributed by atoms with Crippen molar-refractivity contribution in [3.63, 3.8) is 0 Å². The summed E-state index contributed by atoms with van der Waals surface area (Å²) in [6.45, 7) is 0. The summed E-state index contributed by atoms with van der Waals surface area (Å²) in [5.74, 6) is 0.694. The molecule has 2 aromatic carbocycles. The standard InChI is InChI=1S/C25H25NO5/c1-29-21-16-19(17-22(30-2)25(21)31-3)13-15-24(28)26-20(10-7-11-23(26)27)14-12-18-8-5-4-6-9-18/h4-9,11-17,20H,10H2,1-3H3/b14-12+,15-13+/t20-/m0/s1. The van der Waals surface area contributed by atoms with Crippen LogP contribution in [0.15, 0.2) is 66.8 Å². The number of amides is 2. The van der Waals surface area contributed by atoms with Crippen LogP contribution >= 0.6 is 0 Å². The van der Waals surface area contributed by atoms with E-state index in [1.54, 1.807) is 24.3 Å². The maximum absolute atomic E-state index is 12.9. The summed E-state index contributed by atoms with van der Waals surface area (Å²) in [6.07, 6.45) is 10.6. The third-order valence-corrected chi connectivity index (χ3v) is 4.86. The summed E-state index contributed by atoms with van der Waals surface area (Å²) in [4.78, 5) is 26.6. The third kappa shape index (κ3) is 5.22. The number of hydrogen-bond donors (Lipinski definition) is 0. The summed E-state index contributed by atoms with van der Waals surface area (Å²) >= 11 is 0. The van der Waals surface area contributed by atoms with E-state index in [2.05, 4.69) is 0 Å². The summed E-state index contributed by atoms with van der Waals surface area (Å²) in [5, 5.41) is 0. The number of hydrogen-bond acceptors (Lipinski definition) is 5. The van der Waals surface area contributed by atoms with E-state index >= 15 is 0 Å². The lowest BCUT2D eigenvalue weighted by Gasteiger charge is -2.28. The minimum atomic E-state index is -0.397. The van der Waals surface area contributed by atoms with Crippen molar-refractivity contribution in [3.05, 3.63) is 77.9 Å². The quantitative estimate of drug-likeness (QED) is 0.632. The smallest absolute Gasteiger partial charge is 0.254 e. The SMILES string of the molecule is COc1cc(/C=C/C(=O)N2C(=O)C=CC[C@H]2/C=C/c2ccccc2)cc(OC)c1OC. The third-order valence-electron chi connectivity index (χ3n) is 4.86. The molecular formula is C25H25NO5. The number of carbonyl (C=O) groups excluding carboxylic acids is 2. The number of carbonyl (C=O) groups is 2. The fourth-order valence-electron chi connectivity index (χ4n) is 3.33. The Hall–Kier alpha value is -3.80. The first kappa shape index (κ1) is 21.9. The zero-order valence-electron chi connectivity index (χ0n) is 17.8. The van der Waals surface area contributed by atoms with E-state index in [9.17, 15) is 9.59 Å².